The maximum Gasteiger partial charge on any atom is 0.198 e. The van der Waals surface area contributed by atoms with Gasteiger partial charge in [-0.1, -0.05) is 43.9 Å². The molecule has 3 heterocycles. The number of carbonyl (C=O) groups is 1. The Morgan fingerprint density at radius 2 is 1.78 bits per heavy atom. The lowest BCUT2D eigenvalue weighted by Crippen LogP contribution is -2.37. The Kier molecular flexibility index (Phi) is 5.14. The lowest BCUT2D eigenvalue weighted by molar-refractivity contribution is 0.0752. The van der Waals surface area contributed by atoms with Crippen molar-refractivity contribution in [2.24, 2.45) is 0 Å². The van der Waals surface area contributed by atoms with Crippen LogP contribution in [0.1, 0.15) is 29.8 Å². The van der Waals surface area contributed by atoms with Gasteiger partial charge in [-0.3, -0.25) is 9.46 Å². The molecule has 0 aromatic heterocycles. The monoisotopic (exact) mass is 467 g/mol. The van der Waals surface area contributed by atoms with Crippen LogP contribution in [0.3, 0.4) is 0 Å². The molecule has 0 unspecified atom stereocenters. The molecule has 0 aliphatic carbocycles. The predicted molar refractivity (Wildman–Crippen MR) is 136 cm³/mol. The molecule has 0 spiro atoms. The van der Waals surface area contributed by atoms with E-state index >= 15 is 0 Å². The molecule has 0 amide bonds. The van der Waals surface area contributed by atoms with Crippen molar-refractivity contribution in [2.45, 2.75) is 19.3 Å². The molecule has 1 saturated heterocycles. The van der Waals surface area contributed by atoms with E-state index in [1.807, 2.05) is 25.1 Å². The van der Waals surface area contributed by atoms with Crippen molar-refractivity contribution in [3.63, 3.8) is 0 Å². The minimum atomic E-state index is -2.49. The molecule has 2 aromatic carbocycles. The molecular formula is C25H30N3O2PS. The van der Waals surface area contributed by atoms with E-state index in [0.717, 1.165) is 46.3 Å². The average Bonchev–Trinajstić information content (AvgIpc) is 3.13. The number of anilines is 2. The SMILES string of the molecule is CN(C)c1ccc2c(c1)C(=O)/C(=C1/N(C)c3ccccc3C1(C)C)[P@@]2(=S)N1CCOCC1. The third kappa shape index (κ3) is 2.90. The van der Waals surface area contributed by atoms with Crippen LogP contribution >= 0.6 is 6.19 Å². The van der Waals surface area contributed by atoms with Gasteiger partial charge in [0.15, 0.2) is 5.78 Å². The molecule has 1 atom stereocenters. The smallest absolute Gasteiger partial charge is 0.198 e. The molecule has 168 valence electrons. The largest absolute Gasteiger partial charge is 0.379 e. The summed E-state index contributed by atoms with van der Waals surface area (Å²) in [5.41, 5.74) is 4.94. The van der Waals surface area contributed by atoms with Gasteiger partial charge in [0, 0.05) is 67.6 Å². The number of ether oxygens (including phenoxy) is 1. The highest BCUT2D eigenvalue weighted by Crippen LogP contribution is 2.66. The van der Waals surface area contributed by atoms with Crippen molar-refractivity contribution >= 4 is 40.5 Å². The summed E-state index contributed by atoms with van der Waals surface area (Å²) in [4.78, 5) is 18.5. The second kappa shape index (κ2) is 7.53. The van der Waals surface area contributed by atoms with Crippen LogP contribution in [0, 0.1) is 0 Å². The van der Waals surface area contributed by atoms with E-state index < -0.39 is 6.19 Å². The van der Waals surface area contributed by atoms with Gasteiger partial charge >= 0.3 is 0 Å². The van der Waals surface area contributed by atoms with Crippen LogP contribution in [0.4, 0.5) is 11.4 Å². The van der Waals surface area contributed by atoms with Crippen LogP contribution in [-0.2, 0) is 22.0 Å². The molecule has 0 radical (unpaired) electrons. The maximum absolute atomic E-state index is 14.2. The number of nitrogens with zero attached hydrogens (tertiary/aromatic N) is 3. The summed E-state index contributed by atoms with van der Waals surface area (Å²) in [7, 11) is 6.09. The Bertz CT molecular complexity index is 1200. The van der Waals surface area contributed by atoms with E-state index in [9.17, 15) is 4.79 Å². The summed E-state index contributed by atoms with van der Waals surface area (Å²) in [6, 6.07) is 14.7. The molecule has 7 heteroatoms. The van der Waals surface area contributed by atoms with Gasteiger partial charge < -0.3 is 14.5 Å². The van der Waals surface area contributed by atoms with Crippen LogP contribution in [0.2, 0.25) is 0 Å². The molecule has 0 N–H and O–H groups in total. The number of carbonyl (C=O) groups excluding carboxylic acids is 1. The van der Waals surface area contributed by atoms with Gasteiger partial charge in [-0.25, -0.2) is 0 Å². The Labute approximate surface area is 195 Å². The van der Waals surface area contributed by atoms with Crippen molar-refractivity contribution in [3.8, 4) is 0 Å². The number of benzene rings is 2. The summed E-state index contributed by atoms with van der Waals surface area (Å²) in [5, 5.41) is 1.87. The lowest BCUT2D eigenvalue weighted by Gasteiger charge is -2.38. The summed E-state index contributed by atoms with van der Waals surface area (Å²) < 4.78 is 8.03. The third-order valence-corrected chi connectivity index (χ3v) is 12.2. The van der Waals surface area contributed by atoms with Crippen molar-refractivity contribution in [3.05, 3.63) is 64.6 Å². The molecule has 5 rings (SSSR count). The molecule has 3 aliphatic rings. The summed E-state index contributed by atoms with van der Waals surface area (Å²) >= 11 is 6.61. The van der Waals surface area contributed by atoms with Gasteiger partial charge in [0.2, 0.25) is 0 Å². The highest BCUT2D eigenvalue weighted by Gasteiger charge is 2.51. The van der Waals surface area contributed by atoms with E-state index in [4.69, 9.17) is 16.5 Å². The molecule has 0 bridgehead atoms. The van der Waals surface area contributed by atoms with Gasteiger partial charge in [-0.2, -0.15) is 0 Å². The zero-order chi connectivity index (χ0) is 22.8. The molecule has 1 fully saturated rings. The van der Waals surface area contributed by atoms with Gasteiger partial charge in [-0.15, -0.1) is 0 Å². The Balaban J connectivity index is 1.81. The standard InChI is InChI=1S/C25H30N3O2PS/c1-25(2)19-8-6-7-9-20(19)27(5)24(25)23-22(29)18-16-17(26(3)4)10-11-21(18)31(23,32)28-12-14-30-15-13-28/h6-11,16H,12-15H2,1-5H3/b24-23-/t31-/m1/s1. The number of fused-ring (bicyclic) bond motifs is 2. The van der Waals surface area contributed by atoms with Gasteiger partial charge in [-0.05, 0) is 29.8 Å². The molecule has 5 nitrogen and oxygen atoms in total. The second-order valence-corrected chi connectivity index (χ2v) is 13.7. The highest BCUT2D eigenvalue weighted by atomic mass is 32.4. The van der Waals surface area contributed by atoms with Crippen molar-refractivity contribution in [1.82, 2.24) is 4.67 Å². The summed E-state index contributed by atoms with van der Waals surface area (Å²) in [6.45, 7) is 7.26. The number of hydrogen-bond donors (Lipinski definition) is 0. The number of likely N-dealkylation sites (N-methyl/N-ethyl adjacent to an activating group) is 1. The van der Waals surface area contributed by atoms with E-state index in [0.29, 0.717) is 13.2 Å². The van der Waals surface area contributed by atoms with E-state index in [-0.39, 0.29) is 11.2 Å². The van der Waals surface area contributed by atoms with Gasteiger partial charge in [0.05, 0.1) is 24.7 Å². The molecule has 3 aliphatic heterocycles. The fourth-order valence-electron chi connectivity index (χ4n) is 5.43. The van der Waals surface area contributed by atoms with Crippen molar-refractivity contribution < 1.29 is 9.53 Å². The number of allylic oxidation sites excluding steroid dienone is 2. The predicted octanol–water partition coefficient (Wildman–Crippen LogP) is 3.94. The minimum Gasteiger partial charge on any atom is -0.379 e. The number of rotatable bonds is 2. The van der Waals surface area contributed by atoms with E-state index in [1.54, 1.807) is 0 Å². The molecule has 32 heavy (non-hydrogen) atoms. The van der Waals surface area contributed by atoms with Crippen LogP contribution in [0.25, 0.3) is 0 Å². The van der Waals surface area contributed by atoms with Crippen LogP contribution in [0.15, 0.2) is 53.5 Å². The number of para-hydroxylation sites is 1. The van der Waals surface area contributed by atoms with Crippen molar-refractivity contribution in [2.75, 3.05) is 57.2 Å². The third-order valence-electron chi connectivity index (χ3n) is 7.06. The number of ketones is 1. The molecule has 0 saturated carbocycles. The minimum absolute atomic E-state index is 0.0984. The highest BCUT2D eigenvalue weighted by molar-refractivity contribution is 8.20. The van der Waals surface area contributed by atoms with E-state index in [2.05, 4.69) is 66.9 Å². The first-order valence-electron chi connectivity index (χ1n) is 11.1. The normalized spacial score (nSPS) is 26.9. The van der Waals surface area contributed by atoms with Gasteiger partial charge in [0.1, 0.15) is 0 Å². The van der Waals surface area contributed by atoms with Crippen molar-refractivity contribution in [1.29, 1.82) is 0 Å². The maximum atomic E-state index is 14.2. The lowest BCUT2D eigenvalue weighted by atomic mass is 9.83. The second-order valence-electron chi connectivity index (χ2n) is 9.47. The molecular weight excluding hydrogens is 437 g/mol. The Hall–Kier alpha value is -1.98. The summed E-state index contributed by atoms with van der Waals surface area (Å²) in [6.07, 6.45) is -2.49. The summed E-state index contributed by atoms with van der Waals surface area (Å²) in [5.74, 6) is 0.0984. The zero-order valence-corrected chi connectivity index (χ0v) is 21.1. The Morgan fingerprint density at radius 3 is 2.44 bits per heavy atom. The quantitative estimate of drug-likeness (QED) is 0.492. The van der Waals surface area contributed by atoms with Crippen LogP contribution in [0.5, 0.6) is 0 Å². The fraction of sp³-hybridized carbons (Fsp3) is 0.400. The average molecular weight is 468 g/mol. The fourth-order valence-corrected chi connectivity index (χ4v) is 10.3. The first kappa shape index (κ1) is 21.8. The molecule has 2 aromatic rings. The Morgan fingerprint density at radius 1 is 1.09 bits per heavy atom. The van der Waals surface area contributed by atoms with E-state index in [1.165, 1.54) is 5.56 Å². The van der Waals surface area contributed by atoms with Crippen LogP contribution < -0.4 is 15.1 Å². The number of hydrogen-bond acceptors (Lipinski definition) is 5. The number of morpholine rings is 1. The first-order valence-corrected chi connectivity index (χ1v) is 13.8. The first-order chi connectivity index (χ1) is 15.2. The van der Waals surface area contributed by atoms with Gasteiger partial charge in [0.25, 0.3) is 0 Å². The number of Topliss-reactive ketones (excluding diaryl/α,β-unsaturated/α-hetero) is 1. The zero-order valence-electron chi connectivity index (χ0n) is 19.4. The van der Waals surface area contributed by atoms with Crippen LogP contribution in [-0.4, -0.2) is 57.9 Å². The topological polar surface area (TPSA) is 36.0 Å².